The third-order valence-corrected chi connectivity index (χ3v) is 3.66. The fourth-order valence-electron chi connectivity index (χ4n) is 1.35. The zero-order chi connectivity index (χ0) is 15.8. The average molecular weight is 510 g/mol. The molecule has 4 nitrogen and oxygen atoms in total. The number of ether oxygens (including phenoxy) is 1. The van der Waals surface area contributed by atoms with E-state index in [-0.39, 0.29) is 5.97 Å². The molecule has 0 fully saturated rings. The molecule has 0 heterocycles. The fraction of sp³-hybridized carbons (Fsp3) is 0.0667. The Bertz CT molecular complexity index is 641. The molecule has 1 N–H and O–H groups in total. The summed E-state index contributed by atoms with van der Waals surface area (Å²) in [5.41, 5.74) is 0.936. The van der Waals surface area contributed by atoms with E-state index >= 15 is 0 Å². The van der Waals surface area contributed by atoms with E-state index < -0.39 is 5.97 Å². The maximum Gasteiger partial charge on any atom is 0.337 e. The van der Waals surface area contributed by atoms with Crippen LogP contribution >= 0.6 is 45.2 Å². The van der Waals surface area contributed by atoms with Gasteiger partial charge in [-0.2, -0.15) is 0 Å². The summed E-state index contributed by atoms with van der Waals surface area (Å²) in [5.74, 6) is -1.16. The minimum atomic E-state index is -0.876. The highest BCUT2D eigenvalue weighted by Gasteiger charge is 2.03. The molecule has 0 aliphatic heterocycles. The third kappa shape index (κ3) is 6.42. The van der Waals surface area contributed by atoms with Crippen LogP contribution in [0.2, 0.25) is 0 Å². The first kappa shape index (κ1) is 17.9. The van der Waals surface area contributed by atoms with Crippen LogP contribution in [0.3, 0.4) is 0 Å². The highest BCUT2D eigenvalue weighted by atomic mass is 127. The first-order chi connectivity index (χ1) is 9.93. The predicted octanol–water partition coefficient (Wildman–Crippen LogP) is 4.07. The first-order valence-electron chi connectivity index (χ1n) is 5.76. The molecule has 0 saturated carbocycles. The number of carbonyl (C=O) groups excluding carboxylic acids is 1. The van der Waals surface area contributed by atoms with Crippen LogP contribution < -0.4 is 0 Å². The molecule has 0 spiro atoms. The summed E-state index contributed by atoms with van der Waals surface area (Å²) in [6.45, 7) is 0. The van der Waals surface area contributed by atoms with Gasteiger partial charge in [0.1, 0.15) is 0 Å². The van der Waals surface area contributed by atoms with E-state index in [0.29, 0.717) is 11.1 Å². The number of carboxylic acid groups (broad SMARTS) is 1. The molecular weight excluding hydrogens is 498 g/mol. The van der Waals surface area contributed by atoms with Crippen molar-refractivity contribution < 1.29 is 19.4 Å². The lowest BCUT2D eigenvalue weighted by Crippen LogP contribution is -2.00. The molecule has 6 heteroatoms. The first-order valence-corrected chi connectivity index (χ1v) is 7.92. The molecule has 0 aromatic heterocycles. The monoisotopic (exact) mass is 510 g/mol. The number of hydrogen-bond acceptors (Lipinski definition) is 3. The molecule has 0 radical (unpaired) electrons. The summed E-state index contributed by atoms with van der Waals surface area (Å²) in [6.07, 6.45) is 0. The van der Waals surface area contributed by atoms with Gasteiger partial charge in [0.2, 0.25) is 0 Å². The van der Waals surface area contributed by atoms with Crippen molar-refractivity contribution in [2.75, 3.05) is 7.11 Å². The van der Waals surface area contributed by atoms with Crippen molar-refractivity contribution in [2.24, 2.45) is 0 Å². The Morgan fingerprint density at radius 2 is 1.43 bits per heavy atom. The van der Waals surface area contributed by atoms with Crippen molar-refractivity contribution >= 4 is 57.1 Å². The summed E-state index contributed by atoms with van der Waals surface area (Å²) in [5, 5.41) is 8.51. The lowest BCUT2D eigenvalue weighted by molar-refractivity contribution is 0.0599. The topological polar surface area (TPSA) is 63.6 Å². The Labute approximate surface area is 149 Å². The largest absolute Gasteiger partial charge is 0.478 e. The Morgan fingerprint density at radius 1 is 0.952 bits per heavy atom. The zero-order valence-electron chi connectivity index (χ0n) is 11.0. The van der Waals surface area contributed by atoms with Crippen molar-refractivity contribution in [1.82, 2.24) is 0 Å². The van der Waals surface area contributed by atoms with Crippen LogP contribution in [0.15, 0.2) is 48.5 Å². The second-order valence-electron chi connectivity index (χ2n) is 3.82. The number of benzene rings is 2. The average Bonchev–Trinajstić information content (AvgIpc) is 2.47. The second-order valence-corrected chi connectivity index (χ2v) is 6.31. The normalized spacial score (nSPS) is 9.29. The number of aromatic carboxylic acids is 1. The predicted molar refractivity (Wildman–Crippen MR) is 96.6 cm³/mol. The lowest BCUT2D eigenvalue weighted by atomic mass is 10.2. The molecule has 0 atom stereocenters. The molecule has 2 rings (SSSR count). The van der Waals surface area contributed by atoms with Crippen LogP contribution in [0.5, 0.6) is 0 Å². The van der Waals surface area contributed by atoms with Crippen LogP contribution in [0.1, 0.15) is 20.7 Å². The van der Waals surface area contributed by atoms with E-state index in [2.05, 4.69) is 49.9 Å². The fourth-order valence-corrected chi connectivity index (χ4v) is 2.44. The van der Waals surface area contributed by atoms with Crippen LogP contribution in [0.4, 0.5) is 0 Å². The summed E-state index contributed by atoms with van der Waals surface area (Å²) >= 11 is 4.22. The van der Waals surface area contributed by atoms with E-state index in [0.717, 1.165) is 7.14 Å². The summed E-state index contributed by atoms with van der Waals surface area (Å²) in [4.78, 5) is 21.3. The van der Waals surface area contributed by atoms with Crippen LogP contribution in [0, 0.1) is 7.14 Å². The Hall–Kier alpha value is -1.16. The maximum atomic E-state index is 10.9. The van der Waals surface area contributed by atoms with Gasteiger partial charge in [-0.25, -0.2) is 9.59 Å². The van der Waals surface area contributed by atoms with Crippen molar-refractivity contribution in [3.8, 4) is 0 Å². The van der Waals surface area contributed by atoms with Gasteiger partial charge in [-0.15, -0.1) is 0 Å². The second kappa shape index (κ2) is 8.98. The SMILES string of the molecule is COC(=O)c1cccc(I)c1.O=C(O)c1cccc(I)c1. The molecule has 0 aliphatic carbocycles. The van der Waals surface area contributed by atoms with E-state index in [1.807, 2.05) is 18.2 Å². The molecule has 0 saturated heterocycles. The highest BCUT2D eigenvalue weighted by molar-refractivity contribution is 14.1. The van der Waals surface area contributed by atoms with Gasteiger partial charge in [0.15, 0.2) is 0 Å². The number of methoxy groups -OCH3 is 1. The number of esters is 1. The van der Waals surface area contributed by atoms with Gasteiger partial charge < -0.3 is 9.84 Å². The molecule has 21 heavy (non-hydrogen) atoms. The molecule has 0 unspecified atom stereocenters. The van der Waals surface area contributed by atoms with E-state index in [1.54, 1.807) is 30.3 Å². The van der Waals surface area contributed by atoms with Gasteiger partial charge in [-0.1, -0.05) is 12.1 Å². The van der Waals surface area contributed by atoms with Gasteiger partial charge >= 0.3 is 11.9 Å². The molecule has 0 bridgehead atoms. The molecule has 110 valence electrons. The van der Waals surface area contributed by atoms with E-state index in [4.69, 9.17) is 5.11 Å². The van der Waals surface area contributed by atoms with Gasteiger partial charge in [0, 0.05) is 7.14 Å². The highest BCUT2D eigenvalue weighted by Crippen LogP contribution is 2.08. The van der Waals surface area contributed by atoms with E-state index in [1.165, 1.54) is 7.11 Å². The summed E-state index contributed by atoms with van der Waals surface area (Å²) < 4.78 is 6.52. The molecule has 2 aromatic carbocycles. The van der Waals surface area contributed by atoms with Crippen molar-refractivity contribution in [3.05, 3.63) is 66.8 Å². The summed E-state index contributed by atoms with van der Waals surface area (Å²) in [7, 11) is 1.38. The molecule has 2 aromatic rings. The van der Waals surface area contributed by atoms with Gasteiger partial charge in [0.05, 0.1) is 18.2 Å². The zero-order valence-corrected chi connectivity index (χ0v) is 15.4. The van der Waals surface area contributed by atoms with Crippen molar-refractivity contribution in [2.45, 2.75) is 0 Å². The van der Waals surface area contributed by atoms with Crippen molar-refractivity contribution in [1.29, 1.82) is 0 Å². The molecule has 0 aliphatic rings. The number of carbonyl (C=O) groups is 2. The minimum Gasteiger partial charge on any atom is -0.478 e. The summed E-state index contributed by atoms with van der Waals surface area (Å²) in [6, 6.07) is 14.0. The minimum absolute atomic E-state index is 0.288. The number of halogens is 2. The van der Waals surface area contributed by atoms with Gasteiger partial charge in [0.25, 0.3) is 0 Å². The Morgan fingerprint density at radius 3 is 1.81 bits per heavy atom. The number of rotatable bonds is 2. The standard InChI is InChI=1S/C8H7IO2.C7H5IO2/c1-11-8(10)6-3-2-4-7(9)5-6;8-6-3-1-2-5(4-6)7(9)10/h2-5H,1H3;1-4H,(H,9,10). The molecule has 0 amide bonds. The van der Waals surface area contributed by atoms with Crippen LogP contribution in [0.25, 0.3) is 0 Å². The number of carboxylic acids is 1. The van der Waals surface area contributed by atoms with Crippen molar-refractivity contribution in [3.63, 3.8) is 0 Å². The Balaban J connectivity index is 0.000000211. The quantitative estimate of drug-likeness (QED) is 0.489. The van der Waals surface area contributed by atoms with Gasteiger partial charge in [-0.05, 0) is 81.6 Å². The smallest absolute Gasteiger partial charge is 0.337 e. The Kier molecular flexibility index (Phi) is 7.65. The number of hydrogen-bond donors (Lipinski definition) is 1. The third-order valence-electron chi connectivity index (χ3n) is 2.32. The maximum absolute atomic E-state index is 10.9. The molecular formula is C15H12I2O4. The van der Waals surface area contributed by atoms with Crippen LogP contribution in [-0.4, -0.2) is 24.2 Å². The lowest BCUT2D eigenvalue weighted by Gasteiger charge is -1.97. The van der Waals surface area contributed by atoms with Crippen LogP contribution in [-0.2, 0) is 4.74 Å². The van der Waals surface area contributed by atoms with Gasteiger partial charge in [-0.3, -0.25) is 0 Å². The van der Waals surface area contributed by atoms with E-state index in [9.17, 15) is 9.59 Å².